The van der Waals surface area contributed by atoms with Gasteiger partial charge < -0.3 is 20.1 Å². The van der Waals surface area contributed by atoms with Gasteiger partial charge in [-0.15, -0.1) is 11.8 Å². The Labute approximate surface area is 181 Å². The number of carbonyl (C=O) groups excluding carboxylic acids is 3. The van der Waals surface area contributed by atoms with Crippen molar-refractivity contribution in [2.24, 2.45) is 5.41 Å². The molecule has 0 aromatic rings. The summed E-state index contributed by atoms with van der Waals surface area (Å²) in [7, 11) is 1.46. The fourth-order valence-electron chi connectivity index (χ4n) is 3.78. The van der Waals surface area contributed by atoms with Gasteiger partial charge in [0.25, 0.3) is 0 Å². The number of rotatable bonds is 4. The Balaban J connectivity index is 2.12. The summed E-state index contributed by atoms with van der Waals surface area (Å²) < 4.78 is 5.29. The van der Waals surface area contributed by atoms with E-state index in [1.807, 2.05) is 13.8 Å². The first kappa shape index (κ1) is 24.3. The number of hydrogen-bond donors (Lipinski definition) is 2. The summed E-state index contributed by atoms with van der Waals surface area (Å²) >= 11 is 1.54. The maximum Gasteiger partial charge on any atom is 0.410 e. The third kappa shape index (κ3) is 5.19. The van der Waals surface area contributed by atoms with Crippen LogP contribution in [0.25, 0.3) is 0 Å². The number of hydrogen-bond acceptors (Lipinski definition) is 6. The molecule has 0 bridgehead atoms. The van der Waals surface area contributed by atoms with Crippen LogP contribution >= 0.6 is 11.8 Å². The highest BCUT2D eigenvalue weighted by atomic mass is 32.2. The van der Waals surface area contributed by atoms with Gasteiger partial charge in [-0.25, -0.2) is 9.59 Å². The molecule has 10 heteroatoms. The molecule has 2 fully saturated rings. The van der Waals surface area contributed by atoms with E-state index in [0.717, 1.165) is 0 Å². The number of carboxylic acids is 1. The summed E-state index contributed by atoms with van der Waals surface area (Å²) in [4.78, 5) is 52.7. The Morgan fingerprint density at radius 2 is 1.93 bits per heavy atom. The van der Waals surface area contributed by atoms with Crippen molar-refractivity contribution in [1.29, 1.82) is 0 Å². The van der Waals surface area contributed by atoms with Crippen LogP contribution in [-0.4, -0.2) is 80.7 Å². The van der Waals surface area contributed by atoms with Crippen LogP contribution in [0.2, 0.25) is 0 Å². The van der Waals surface area contributed by atoms with Crippen LogP contribution in [-0.2, 0) is 19.1 Å². The van der Waals surface area contributed by atoms with E-state index in [1.54, 1.807) is 39.5 Å². The molecular formula is C20H33N3O6S. The molecule has 2 aliphatic heterocycles. The molecule has 2 rings (SSSR count). The molecule has 4 atom stereocenters. The van der Waals surface area contributed by atoms with Gasteiger partial charge in [0.05, 0.1) is 5.37 Å². The van der Waals surface area contributed by atoms with Crippen LogP contribution in [0.1, 0.15) is 54.4 Å². The average Bonchev–Trinajstić information content (AvgIpc) is 2.79. The Morgan fingerprint density at radius 3 is 2.47 bits per heavy atom. The number of thioether (sulfide) groups is 1. The SMILES string of the molecule is C[C@@H](C(=O)N[C@H]1CCSC2CC(C)(C)[C@@H](C(=O)O)N2C1=O)N(C)C(=O)OC(C)(C)C. The topological polar surface area (TPSA) is 116 Å². The molecule has 0 aromatic heterocycles. The van der Waals surface area contributed by atoms with Crippen molar-refractivity contribution in [1.82, 2.24) is 15.1 Å². The number of amides is 3. The van der Waals surface area contributed by atoms with Crippen LogP contribution in [0, 0.1) is 5.41 Å². The first-order valence-electron chi connectivity index (χ1n) is 10.1. The van der Waals surface area contributed by atoms with E-state index >= 15 is 0 Å². The number of aliphatic carboxylic acids is 1. The monoisotopic (exact) mass is 443 g/mol. The quantitative estimate of drug-likeness (QED) is 0.682. The van der Waals surface area contributed by atoms with Gasteiger partial charge in [0.1, 0.15) is 23.7 Å². The number of carbonyl (C=O) groups is 4. The third-order valence-corrected chi connectivity index (χ3v) is 6.74. The van der Waals surface area contributed by atoms with Crippen molar-refractivity contribution < 1.29 is 29.0 Å². The van der Waals surface area contributed by atoms with Gasteiger partial charge in [0, 0.05) is 7.05 Å². The first-order valence-corrected chi connectivity index (χ1v) is 11.1. The standard InChI is InChI=1S/C20H33N3O6S/c1-11(22(7)18(28)29-19(2,3)4)15(24)21-12-8-9-30-13-10-20(5,6)14(17(26)27)23(13)16(12)25/h11-14H,8-10H2,1-7H3,(H,21,24)(H,26,27)/t11-,12-,13?,14+/m0/s1. The highest BCUT2D eigenvalue weighted by Crippen LogP contribution is 2.46. The highest BCUT2D eigenvalue weighted by Gasteiger charge is 2.54. The van der Waals surface area contributed by atoms with Gasteiger partial charge in [-0.05, 0) is 51.7 Å². The fraction of sp³-hybridized carbons (Fsp3) is 0.800. The molecule has 2 heterocycles. The zero-order valence-corrected chi connectivity index (χ0v) is 19.5. The molecule has 0 spiro atoms. The minimum atomic E-state index is -1.04. The summed E-state index contributed by atoms with van der Waals surface area (Å²) in [6.07, 6.45) is 0.344. The zero-order chi connectivity index (χ0) is 23.0. The summed E-state index contributed by atoms with van der Waals surface area (Å²) in [6.45, 7) is 10.4. The van der Waals surface area contributed by atoms with Crippen LogP contribution in [0.3, 0.4) is 0 Å². The number of nitrogens with one attached hydrogen (secondary N) is 1. The number of likely N-dealkylation sites (N-methyl/N-ethyl adjacent to an activating group) is 1. The zero-order valence-electron chi connectivity index (χ0n) is 18.7. The van der Waals surface area contributed by atoms with Crippen molar-refractivity contribution in [3.8, 4) is 0 Å². The molecule has 0 radical (unpaired) electrons. The summed E-state index contributed by atoms with van der Waals surface area (Å²) in [6, 6.07) is -2.63. The van der Waals surface area contributed by atoms with E-state index in [9.17, 15) is 24.3 Å². The van der Waals surface area contributed by atoms with E-state index in [2.05, 4.69) is 5.32 Å². The van der Waals surface area contributed by atoms with E-state index in [1.165, 1.54) is 16.8 Å². The Kier molecular flexibility index (Phi) is 7.00. The Bertz CT molecular complexity index is 720. The van der Waals surface area contributed by atoms with Crippen molar-refractivity contribution in [2.75, 3.05) is 12.8 Å². The number of nitrogens with zero attached hydrogens (tertiary/aromatic N) is 2. The van der Waals surface area contributed by atoms with Crippen molar-refractivity contribution >= 4 is 35.6 Å². The fourth-order valence-corrected chi connectivity index (χ4v) is 5.36. The molecule has 0 aromatic carbocycles. The molecule has 30 heavy (non-hydrogen) atoms. The second-order valence-electron chi connectivity index (χ2n) is 9.62. The molecule has 0 aliphatic carbocycles. The van der Waals surface area contributed by atoms with Crippen LogP contribution in [0.15, 0.2) is 0 Å². The van der Waals surface area contributed by atoms with Crippen LogP contribution in [0.4, 0.5) is 4.79 Å². The lowest BCUT2D eigenvalue weighted by atomic mass is 9.84. The molecule has 2 N–H and O–H groups in total. The Hall–Kier alpha value is -1.97. The highest BCUT2D eigenvalue weighted by molar-refractivity contribution is 7.99. The summed E-state index contributed by atoms with van der Waals surface area (Å²) in [5, 5.41) is 12.2. The Morgan fingerprint density at radius 1 is 1.33 bits per heavy atom. The van der Waals surface area contributed by atoms with Gasteiger partial charge in [-0.2, -0.15) is 0 Å². The van der Waals surface area contributed by atoms with Crippen LogP contribution in [0.5, 0.6) is 0 Å². The molecule has 3 amide bonds. The minimum absolute atomic E-state index is 0.225. The number of ether oxygens (including phenoxy) is 1. The predicted octanol–water partition coefficient (Wildman–Crippen LogP) is 1.90. The minimum Gasteiger partial charge on any atom is -0.480 e. The second-order valence-corrected chi connectivity index (χ2v) is 10.9. The van der Waals surface area contributed by atoms with Crippen molar-refractivity contribution in [2.45, 2.75) is 83.5 Å². The van der Waals surface area contributed by atoms with Gasteiger partial charge >= 0.3 is 12.1 Å². The molecule has 9 nitrogen and oxygen atoms in total. The molecule has 2 saturated heterocycles. The lowest BCUT2D eigenvalue weighted by Crippen LogP contribution is -2.57. The average molecular weight is 444 g/mol. The number of fused-ring (bicyclic) bond motifs is 1. The molecule has 1 unspecified atom stereocenters. The molecule has 0 saturated carbocycles. The third-order valence-electron chi connectivity index (χ3n) is 5.49. The van der Waals surface area contributed by atoms with Gasteiger partial charge in [-0.3, -0.25) is 14.5 Å². The number of carboxylic acid groups (broad SMARTS) is 1. The predicted molar refractivity (Wildman–Crippen MR) is 113 cm³/mol. The molecule has 2 aliphatic rings. The van der Waals surface area contributed by atoms with Gasteiger partial charge in [0.2, 0.25) is 11.8 Å². The van der Waals surface area contributed by atoms with E-state index in [-0.39, 0.29) is 11.3 Å². The maximum atomic E-state index is 13.2. The van der Waals surface area contributed by atoms with Crippen molar-refractivity contribution in [3.63, 3.8) is 0 Å². The normalized spacial score (nSPS) is 27.0. The summed E-state index contributed by atoms with van der Waals surface area (Å²) in [5.74, 6) is -1.29. The largest absolute Gasteiger partial charge is 0.480 e. The second kappa shape index (κ2) is 8.64. The molecular weight excluding hydrogens is 410 g/mol. The van der Waals surface area contributed by atoms with E-state index in [4.69, 9.17) is 4.74 Å². The van der Waals surface area contributed by atoms with E-state index in [0.29, 0.717) is 18.6 Å². The summed E-state index contributed by atoms with van der Waals surface area (Å²) in [5.41, 5.74) is -1.26. The first-order chi connectivity index (χ1) is 13.7. The lowest BCUT2D eigenvalue weighted by Gasteiger charge is -2.32. The van der Waals surface area contributed by atoms with Gasteiger partial charge in [0.15, 0.2) is 0 Å². The maximum absolute atomic E-state index is 13.2. The molecule has 170 valence electrons. The van der Waals surface area contributed by atoms with Gasteiger partial charge in [-0.1, -0.05) is 13.8 Å². The lowest BCUT2D eigenvalue weighted by molar-refractivity contribution is -0.152. The van der Waals surface area contributed by atoms with E-state index < -0.39 is 47.1 Å². The smallest absolute Gasteiger partial charge is 0.410 e. The van der Waals surface area contributed by atoms with Crippen LogP contribution < -0.4 is 5.32 Å². The van der Waals surface area contributed by atoms with Crippen molar-refractivity contribution in [3.05, 3.63) is 0 Å².